The Kier molecular flexibility index (Phi) is 9.00. The van der Waals surface area contributed by atoms with Crippen LogP contribution in [0.2, 0.25) is 0 Å². The van der Waals surface area contributed by atoms with Gasteiger partial charge in [-0.05, 0) is 17.9 Å². The zero-order valence-electron chi connectivity index (χ0n) is 18.2. The maximum atomic E-state index is 10.6. The topological polar surface area (TPSA) is 125 Å². The zero-order valence-corrected chi connectivity index (χ0v) is 18.2. The average Bonchev–Trinajstić information content (AvgIpc) is 3.43. The molecule has 0 aliphatic carbocycles. The molecule has 2 aromatic heterocycles. The number of carboxylic acids is 2. The van der Waals surface area contributed by atoms with E-state index in [-0.39, 0.29) is 0 Å². The van der Waals surface area contributed by atoms with Crippen molar-refractivity contribution in [3.8, 4) is 0 Å². The molecule has 0 amide bonds. The number of hydrogen-bond donors (Lipinski definition) is 2. The fourth-order valence-corrected chi connectivity index (χ4v) is 3.65. The Labute approximate surface area is 194 Å². The number of anilines is 1. The smallest absolute Gasteiger partial charge is 0.475 e. The number of halogens is 6. The molecular weight excluding hydrogens is 490 g/mol. The highest BCUT2D eigenvalue weighted by molar-refractivity contribution is 5.73. The first-order valence-corrected chi connectivity index (χ1v) is 9.99. The first kappa shape index (κ1) is 27.8. The molecule has 2 fully saturated rings. The highest BCUT2D eigenvalue weighted by Crippen LogP contribution is 2.33. The molecule has 0 spiro atoms. The molecular formula is C19H22F6N6O4. The summed E-state index contributed by atoms with van der Waals surface area (Å²) in [4.78, 5) is 31.4. The number of rotatable bonds is 3. The molecule has 10 nitrogen and oxygen atoms in total. The Bertz CT molecular complexity index is 946. The quantitative estimate of drug-likeness (QED) is 0.595. The van der Waals surface area contributed by atoms with E-state index < -0.39 is 24.3 Å². The van der Waals surface area contributed by atoms with Crippen LogP contribution in [0.25, 0.3) is 0 Å². The summed E-state index contributed by atoms with van der Waals surface area (Å²) in [6.45, 7) is 5.52. The van der Waals surface area contributed by atoms with Crippen LogP contribution in [0.1, 0.15) is 5.56 Å². The molecule has 2 atom stereocenters. The summed E-state index contributed by atoms with van der Waals surface area (Å²) in [5.41, 5.74) is 1.31. The molecule has 35 heavy (non-hydrogen) atoms. The lowest BCUT2D eigenvalue weighted by Gasteiger charge is -2.20. The van der Waals surface area contributed by atoms with Gasteiger partial charge in [-0.15, -0.1) is 0 Å². The lowest BCUT2D eigenvalue weighted by Crippen LogP contribution is -2.29. The molecule has 0 radical (unpaired) electrons. The van der Waals surface area contributed by atoms with Gasteiger partial charge in [0.2, 0.25) is 5.95 Å². The molecule has 2 N–H and O–H groups in total. The highest BCUT2D eigenvalue weighted by Gasteiger charge is 2.41. The molecule has 16 heteroatoms. The fraction of sp³-hybridized carbons (Fsp3) is 0.526. The second-order valence-electron chi connectivity index (χ2n) is 7.80. The molecule has 4 rings (SSSR count). The number of likely N-dealkylation sites (tertiary alicyclic amines) is 1. The second-order valence-corrected chi connectivity index (χ2v) is 7.80. The van der Waals surface area contributed by atoms with E-state index in [1.807, 2.05) is 36.4 Å². The van der Waals surface area contributed by atoms with Gasteiger partial charge in [0.1, 0.15) is 0 Å². The summed E-state index contributed by atoms with van der Waals surface area (Å²) >= 11 is 0. The molecule has 194 valence electrons. The minimum atomic E-state index is -5.08. The molecule has 0 aromatic carbocycles. The van der Waals surface area contributed by atoms with Gasteiger partial charge in [0.15, 0.2) is 0 Å². The number of aromatic nitrogens is 4. The van der Waals surface area contributed by atoms with Crippen molar-refractivity contribution in [2.45, 2.75) is 18.9 Å². The lowest BCUT2D eigenvalue weighted by molar-refractivity contribution is -0.193. The second kappa shape index (κ2) is 11.3. The van der Waals surface area contributed by atoms with E-state index in [1.54, 1.807) is 0 Å². The minimum Gasteiger partial charge on any atom is -0.475 e. The Morgan fingerprint density at radius 3 is 1.77 bits per heavy atom. The van der Waals surface area contributed by atoms with Gasteiger partial charge in [-0.1, -0.05) is 0 Å². The summed E-state index contributed by atoms with van der Waals surface area (Å²) in [5, 5.41) is 18.5. The molecule has 0 bridgehead atoms. The van der Waals surface area contributed by atoms with E-state index in [2.05, 4.69) is 31.1 Å². The van der Waals surface area contributed by atoms with Crippen molar-refractivity contribution in [2.75, 3.05) is 31.1 Å². The van der Waals surface area contributed by atoms with Crippen LogP contribution in [0.5, 0.6) is 0 Å². The highest BCUT2D eigenvalue weighted by atomic mass is 19.4. The first-order chi connectivity index (χ1) is 16.2. The van der Waals surface area contributed by atoms with Crippen LogP contribution >= 0.6 is 0 Å². The molecule has 2 aromatic rings. The van der Waals surface area contributed by atoms with Crippen LogP contribution in [0.4, 0.5) is 32.3 Å². The van der Waals surface area contributed by atoms with Crippen LogP contribution in [-0.2, 0) is 23.2 Å². The minimum absolute atomic E-state index is 0.741. The maximum absolute atomic E-state index is 10.6. The van der Waals surface area contributed by atoms with Gasteiger partial charge >= 0.3 is 24.3 Å². The largest absolute Gasteiger partial charge is 0.490 e. The van der Waals surface area contributed by atoms with Crippen LogP contribution in [0.3, 0.4) is 0 Å². The van der Waals surface area contributed by atoms with Crippen molar-refractivity contribution in [1.29, 1.82) is 0 Å². The summed E-state index contributed by atoms with van der Waals surface area (Å²) < 4.78 is 65.3. The third-order valence-corrected chi connectivity index (χ3v) is 5.05. The molecule has 2 saturated heterocycles. The Morgan fingerprint density at radius 2 is 1.40 bits per heavy atom. The number of hydrogen-bond acceptors (Lipinski definition) is 7. The van der Waals surface area contributed by atoms with Gasteiger partial charge in [-0.3, -0.25) is 9.58 Å². The van der Waals surface area contributed by atoms with Crippen LogP contribution in [0.15, 0.2) is 30.9 Å². The number of nitrogens with zero attached hydrogens (tertiary/aromatic N) is 6. The van der Waals surface area contributed by atoms with Crippen molar-refractivity contribution in [3.05, 3.63) is 36.4 Å². The normalized spacial score (nSPS) is 19.8. The summed E-state index contributed by atoms with van der Waals surface area (Å²) in [6.07, 6.45) is -2.44. The monoisotopic (exact) mass is 512 g/mol. The van der Waals surface area contributed by atoms with Crippen LogP contribution < -0.4 is 4.90 Å². The number of carbonyl (C=O) groups is 2. The number of fused-ring (bicyclic) bond motifs is 1. The van der Waals surface area contributed by atoms with E-state index in [9.17, 15) is 26.3 Å². The summed E-state index contributed by atoms with van der Waals surface area (Å²) in [7, 11) is 1.97. The molecule has 2 aliphatic heterocycles. The van der Waals surface area contributed by atoms with Crippen LogP contribution in [0, 0.1) is 11.8 Å². The van der Waals surface area contributed by atoms with Crippen molar-refractivity contribution >= 4 is 17.9 Å². The SMILES string of the molecule is Cn1cc(CN2CC3CN(c4ncccn4)CC3C2)cn1.O=C(O)C(F)(F)F.O=C(O)C(F)(F)F. The standard InChI is InChI=1S/C15H20N6.2C2HF3O2/c1-19-6-12(5-18-19)7-20-8-13-10-21(11-14(13)9-20)15-16-3-2-4-17-15;2*3-2(4,5)1(6)7/h2-6,13-14H,7-11H2,1H3;2*(H,6,7). The third-order valence-electron chi connectivity index (χ3n) is 5.05. The molecule has 2 aliphatic rings. The van der Waals surface area contributed by atoms with Crippen LogP contribution in [-0.4, -0.2) is 85.3 Å². The van der Waals surface area contributed by atoms with E-state index >= 15 is 0 Å². The number of carboxylic acid groups (broad SMARTS) is 2. The number of aliphatic carboxylic acids is 2. The van der Waals surface area contributed by atoms with Gasteiger partial charge in [-0.25, -0.2) is 19.6 Å². The maximum Gasteiger partial charge on any atom is 0.490 e. The first-order valence-electron chi connectivity index (χ1n) is 9.99. The van der Waals surface area contributed by atoms with Gasteiger partial charge in [0.25, 0.3) is 0 Å². The van der Waals surface area contributed by atoms with Crippen molar-refractivity contribution in [1.82, 2.24) is 24.6 Å². The van der Waals surface area contributed by atoms with E-state index in [0.717, 1.165) is 37.4 Å². The molecule has 0 saturated carbocycles. The van der Waals surface area contributed by atoms with Gasteiger partial charge in [0.05, 0.1) is 6.20 Å². The lowest BCUT2D eigenvalue weighted by atomic mass is 10.0. The van der Waals surface area contributed by atoms with Crippen molar-refractivity contribution in [2.24, 2.45) is 18.9 Å². The predicted molar refractivity (Wildman–Crippen MR) is 107 cm³/mol. The Morgan fingerprint density at radius 1 is 0.943 bits per heavy atom. The van der Waals surface area contributed by atoms with Gasteiger partial charge in [0, 0.05) is 63.9 Å². The van der Waals surface area contributed by atoms with Crippen molar-refractivity contribution < 1.29 is 46.1 Å². The Hall–Kier alpha value is -3.43. The van der Waals surface area contributed by atoms with E-state index in [4.69, 9.17) is 19.8 Å². The molecule has 4 heterocycles. The van der Waals surface area contributed by atoms with E-state index in [1.165, 1.54) is 18.7 Å². The average molecular weight is 512 g/mol. The summed E-state index contributed by atoms with van der Waals surface area (Å²) in [5.74, 6) is -3.15. The third kappa shape index (κ3) is 8.70. The van der Waals surface area contributed by atoms with Gasteiger partial charge < -0.3 is 15.1 Å². The van der Waals surface area contributed by atoms with Crippen molar-refractivity contribution in [3.63, 3.8) is 0 Å². The van der Waals surface area contributed by atoms with E-state index in [0.29, 0.717) is 0 Å². The molecule has 2 unspecified atom stereocenters. The summed E-state index contributed by atoms with van der Waals surface area (Å²) in [6, 6.07) is 1.87. The number of alkyl halides is 6. The Balaban J connectivity index is 0.000000257. The fourth-order valence-electron chi connectivity index (χ4n) is 3.65. The van der Waals surface area contributed by atoms with Gasteiger partial charge in [-0.2, -0.15) is 31.4 Å². The zero-order chi connectivity index (χ0) is 26.4. The predicted octanol–water partition coefficient (Wildman–Crippen LogP) is 2.04. The number of aryl methyl sites for hydroxylation is 1.